The summed E-state index contributed by atoms with van der Waals surface area (Å²) in [5, 5.41) is 5.68. The fourth-order valence-electron chi connectivity index (χ4n) is 5.58. The van der Waals surface area contributed by atoms with Crippen molar-refractivity contribution in [1.29, 1.82) is 0 Å². The summed E-state index contributed by atoms with van der Waals surface area (Å²) in [5.41, 5.74) is 5.50. The summed E-state index contributed by atoms with van der Waals surface area (Å²) in [5.74, 6) is 2.58. The SMILES string of the molecule is CC(C)[C@H](NC(N)=O)C(=O)NCC12CC3CC(CC(C3)C1)C2. The molecule has 4 saturated carbocycles. The van der Waals surface area contributed by atoms with E-state index >= 15 is 0 Å². The van der Waals surface area contributed by atoms with Crippen molar-refractivity contribution in [2.45, 2.75) is 58.4 Å². The fraction of sp³-hybridized carbons (Fsp3) is 0.882. The quantitative estimate of drug-likeness (QED) is 0.726. The lowest BCUT2D eigenvalue weighted by atomic mass is 9.49. The highest BCUT2D eigenvalue weighted by Crippen LogP contribution is 2.59. The molecule has 0 aliphatic heterocycles. The first-order chi connectivity index (χ1) is 10.4. The van der Waals surface area contributed by atoms with Crippen LogP contribution in [0.1, 0.15) is 52.4 Å². The van der Waals surface area contributed by atoms with E-state index in [2.05, 4.69) is 10.6 Å². The summed E-state index contributed by atoms with van der Waals surface area (Å²) in [6.07, 6.45) is 8.04. The number of amides is 3. The van der Waals surface area contributed by atoms with E-state index in [-0.39, 0.29) is 11.8 Å². The van der Waals surface area contributed by atoms with Crippen LogP contribution in [0.3, 0.4) is 0 Å². The molecule has 0 heterocycles. The second-order valence-electron chi connectivity index (χ2n) is 8.37. The summed E-state index contributed by atoms with van der Waals surface area (Å²) in [6.45, 7) is 4.61. The fourth-order valence-corrected chi connectivity index (χ4v) is 5.58. The van der Waals surface area contributed by atoms with Crippen LogP contribution in [0, 0.1) is 29.1 Å². The molecule has 0 saturated heterocycles. The molecular weight excluding hydrogens is 278 g/mol. The highest BCUT2D eigenvalue weighted by molar-refractivity contribution is 5.86. The number of hydrogen-bond acceptors (Lipinski definition) is 2. The molecule has 124 valence electrons. The van der Waals surface area contributed by atoms with Crippen molar-refractivity contribution in [2.75, 3.05) is 6.54 Å². The van der Waals surface area contributed by atoms with Gasteiger partial charge in [0.25, 0.3) is 0 Å². The highest BCUT2D eigenvalue weighted by Gasteiger charge is 2.50. The standard InChI is InChI=1S/C17H29N3O2/c1-10(2)14(20-16(18)22)15(21)19-9-17-6-11-3-12(7-17)5-13(4-11)8-17/h10-14H,3-9H2,1-2H3,(H,19,21)(H3,18,20,22)/t11?,12?,13?,14-,17?/m0/s1. The van der Waals surface area contributed by atoms with Gasteiger partial charge in [-0.3, -0.25) is 4.79 Å². The Hall–Kier alpha value is -1.26. The molecule has 4 bridgehead atoms. The molecule has 1 atom stereocenters. The average molecular weight is 307 g/mol. The summed E-state index contributed by atoms with van der Waals surface area (Å²) in [7, 11) is 0. The van der Waals surface area contributed by atoms with Crippen LogP contribution in [0.2, 0.25) is 0 Å². The molecule has 0 spiro atoms. The first kappa shape index (κ1) is 15.6. The number of carbonyl (C=O) groups is 2. The number of nitrogens with one attached hydrogen (secondary N) is 2. The third-order valence-electron chi connectivity index (χ3n) is 6.05. The topological polar surface area (TPSA) is 84.2 Å². The summed E-state index contributed by atoms with van der Waals surface area (Å²) >= 11 is 0. The molecule has 4 fully saturated rings. The molecule has 0 radical (unpaired) electrons. The van der Waals surface area contributed by atoms with Gasteiger partial charge in [-0.1, -0.05) is 13.8 Å². The Morgan fingerprint density at radius 3 is 2.00 bits per heavy atom. The highest BCUT2D eigenvalue weighted by atomic mass is 16.2. The molecule has 4 aliphatic rings. The Balaban J connectivity index is 1.59. The maximum Gasteiger partial charge on any atom is 0.312 e. The molecule has 3 amide bonds. The van der Waals surface area contributed by atoms with Gasteiger partial charge in [0.15, 0.2) is 0 Å². The first-order valence-corrected chi connectivity index (χ1v) is 8.70. The van der Waals surface area contributed by atoms with Gasteiger partial charge in [-0.2, -0.15) is 0 Å². The van der Waals surface area contributed by atoms with Crippen molar-refractivity contribution < 1.29 is 9.59 Å². The van der Waals surface area contributed by atoms with E-state index in [0.717, 1.165) is 24.3 Å². The van der Waals surface area contributed by atoms with E-state index < -0.39 is 12.1 Å². The van der Waals surface area contributed by atoms with Crippen molar-refractivity contribution in [3.63, 3.8) is 0 Å². The van der Waals surface area contributed by atoms with E-state index in [1.165, 1.54) is 38.5 Å². The van der Waals surface area contributed by atoms with E-state index in [9.17, 15) is 9.59 Å². The summed E-state index contributed by atoms with van der Waals surface area (Å²) in [6, 6.07) is -1.17. The van der Waals surface area contributed by atoms with Crippen molar-refractivity contribution in [3.05, 3.63) is 0 Å². The molecule has 5 nitrogen and oxygen atoms in total. The van der Waals surface area contributed by atoms with Crippen LogP contribution in [0.5, 0.6) is 0 Å². The minimum absolute atomic E-state index is 0.0314. The zero-order chi connectivity index (χ0) is 15.9. The number of nitrogens with two attached hydrogens (primary N) is 1. The molecule has 4 rings (SSSR count). The van der Waals surface area contributed by atoms with Crippen LogP contribution in [-0.4, -0.2) is 24.5 Å². The van der Waals surface area contributed by atoms with Crippen LogP contribution in [0.15, 0.2) is 0 Å². The molecule has 4 N–H and O–H groups in total. The zero-order valence-electron chi connectivity index (χ0n) is 13.7. The Bertz CT molecular complexity index is 426. The lowest BCUT2D eigenvalue weighted by Crippen LogP contribution is -2.55. The molecule has 0 aromatic heterocycles. The molecule has 0 aromatic rings. The minimum Gasteiger partial charge on any atom is -0.354 e. The lowest BCUT2D eigenvalue weighted by Gasteiger charge is -2.57. The molecule has 22 heavy (non-hydrogen) atoms. The third-order valence-corrected chi connectivity index (χ3v) is 6.05. The lowest BCUT2D eigenvalue weighted by molar-refractivity contribution is -0.126. The summed E-state index contributed by atoms with van der Waals surface area (Å²) in [4.78, 5) is 23.5. The molecule has 5 heteroatoms. The predicted octanol–water partition coefficient (Wildman–Crippen LogP) is 2.01. The van der Waals surface area contributed by atoms with Crippen molar-refractivity contribution in [3.8, 4) is 0 Å². The first-order valence-electron chi connectivity index (χ1n) is 8.70. The van der Waals surface area contributed by atoms with E-state index in [1.807, 2.05) is 13.8 Å². The van der Waals surface area contributed by atoms with Crippen molar-refractivity contribution >= 4 is 11.9 Å². The van der Waals surface area contributed by atoms with Gasteiger partial charge in [0.1, 0.15) is 6.04 Å². The summed E-state index contributed by atoms with van der Waals surface area (Å²) < 4.78 is 0. The zero-order valence-corrected chi connectivity index (χ0v) is 13.7. The van der Waals surface area contributed by atoms with Crippen LogP contribution in [0.4, 0.5) is 4.79 Å². The van der Waals surface area contributed by atoms with Gasteiger partial charge in [-0.05, 0) is 67.6 Å². The van der Waals surface area contributed by atoms with E-state index in [1.54, 1.807) is 0 Å². The van der Waals surface area contributed by atoms with Gasteiger partial charge in [0, 0.05) is 6.54 Å². The Morgan fingerprint density at radius 2 is 1.59 bits per heavy atom. The van der Waals surface area contributed by atoms with Gasteiger partial charge < -0.3 is 16.4 Å². The largest absolute Gasteiger partial charge is 0.354 e. The third kappa shape index (κ3) is 3.08. The van der Waals surface area contributed by atoms with E-state index in [4.69, 9.17) is 5.73 Å². The van der Waals surface area contributed by atoms with Gasteiger partial charge in [0.2, 0.25) is 5.91 Å². The maximum absolute atomic E-state index is 12.4. The smallest absolute Gasteiger partial charge is 0.312 e. The average Bonchev–Trinajstić information content (AvgIpc) is 2.40. The molecule has 0 unspecified atom stereocenters. The second-order valence-corrected chi connectivity index (χ2v) is 8.37. The molecule has 0 aromatic carbocycles. The maximum atomic E-state index is 12.4. The normalized spacial score (nSPS) is 37.1. The predicted molar refractivity (Wildman–Crippen MR) is 85.0 cm³/mol. The number of urea groups is 1. The monoisotopic (exact) mass is 307 g/mol. The number of primary amides is 1. The van der Waals surface area contributed by atoms with Gasteiger partial charge in [0.05, 0.1) is 0 Å². The Morgan fingerprint density at radius 1 is 1.09 bits per heavy atom. The van der Waals surface area contributed by atoms with Crippen LogP contribution >= 0.6 is 0 Å². The van der Waals surface area contributed by atoms with Gasteiger partial charge in [-0.25, -0.2) is 4.79 Å². The molecule has 4 aliphatic carbocycles. The van der Waals surface area contributed by atoms with Gasteiger partial charge in [-0.15, -0.1) is 0 Å². The number of hydrogen-bond donors (Lipinski definition) is 3. The Kier molecular flexibility index (Phi) is 4.08. The second kappa shape index (κ2) is 5.74. The molecular formula is C17H29N3O2. The van der Waals surface area contributed by atoms with Crippen LogP contribution in [-0.2, 0) is 4.79 Å². The Labute approximate surface area is 132 Å². The van der Waals surface area contributed by atoms with Crippen LogP contribution in [0.25, 0.3) is 0 Å². The minimum atomic E-state index is -0.636. The van der Waals surface area contributed by atoms with Crippen molar-refractivity contribution in [2.24, 2.45) is 34.8 Å². The number of rotatable bonds is 5. The number of carbonyl (C=O) groups excluding carboxylic acids is 2. The van der Waals surface area contributed by atoms with Crippen molar-refractivity contribution in [1.82, 2.24) is 10.6 Å². The van der Waals surface area contributed by atoms with Gasteiger partial charge >= 0.3 is 6.03 Å². The van der Waals surface area contributed by atoms with E-state index in [0.29, 0.717) is 5.41 Å². The van der Waals surface area contributed by atoms with Crippen LogP contribution < -0.4 is 16.4 Å².